The number of ether oxygens (including phenoxy) is 1. The van der Waals surface area contributed by atoms with E-state index in [1.165, 1.54) is 0 Å². The number of aliphatic hydroxyl groups is 2. The fourth-order valence-corrected chi connectivity index (χ4v) is 2.21. The quantitative estimate of drug-likeness (QED) is 0.637. The Morgan fingerprint density at radius 3 is 2.67 bits per heavy atom. The van der Waals surface area contributed by atoms with E-state index in [1.807, 2.05) is 4.98 Å². The maximum Gasteiger partial charge on any atom is 0.331 e. The second kappa shape index (κ2) is 5.02. The molecule has 1 aromatic rings. The Hall–Kier alpha value is -0.860. The number of hydrogen-bond donors (Lipinski definition) is 3. The normalized spacial score (nSPS) is 27.7. The summed E-state index contributed by atoms with van der Waals surface area (Å²) in [5, 5.41) is 17.9. The number of hydrogen-bond acceptors (Lipinski definition) is 5. The van der Waals surface area contributed by atoms with Gasteiger partial charge in [-0.15, -0.1) is 0 Å². The van der Waals surface area contributed by atoms with E-state index in [9.17, 15) is 14.7 Å². The van der Waals surface area contributed by atoms with Gasteiger partial charge in [-0.3, -0.25) is 14.3 Å². The molecule has 1 aromatic heterocycles. The fraction of sp³-hybridized carbons (Fsp3) is 0.556. The van der Waals surface area contributed by atoms with Crippen molar-refractivity contribution in [3.8, 4) is 0 Å². The highest BCUT2D eigenvalue weighted by atomic mass is 35.5. The minimum absolute atomic E-state index is 0.0627. The number of rotatable bonds is 2. The molecule has 100 valence electrons. The maximum atomic E-state index is 11.6. The summed E-state index contributed by atoms with van der Waals surface area (Å²) in [6.07, 6.45) is -2.54. The minimum Gasteiger partial charge on any atom is -0.394 e. The highest BCUT2D eigenvalue weighted by Gasteiger charge is 2.36. The van der Waals surface area contributed by atoms with Crippen molar-refractivity contribution in [2.24, 2.45) is 0 Å². The molecule has 2 heterocycles. The van der Waals surface area contributed by atoms with Crippen LogP contribution in [-0.2, 0) is 4.74 Å². The summed E-state index contributed by atoms with van der Waals surface area (Å²) in [4.78, 5) is 24.8. The summed E-state index contributed by atoms with van der Waals surface area (Å²) in [6, 6.07) is 0. The molecule has 9 heteroatoms. The van der Waals surface area contributed by atoms with Gasteiger partial charge in [0.15, 0.2) is 0 Å². The van der Waals surface area contributed by atoms with Crippen molar-refractivity contribution in [1.29, 1.82) is 0 Å². The van der Waals surface area contributed by atoms with E-state index in [0.29, 0.717) is 0 Å². The second-order valence-electron chi connectivity index (χ2n) is 3.85. The lowest BCUT2D eigenvalue weighted by Crippen LogP contribution is -2.33. The van der Waals surface area contributed by atoms with E-state index in [2.05, 4.69) is 0 Å². The van der Waals surface area contributed by atoms with Crippen LogP contribution < -0.4 is 11.2 Å². The molecular weight excluding hydrogens is 287 g/mol. The van der Waals surface area contributed by atoms with Crippen molar-refractivity contribution in [2.75, 3.05) is 6.61 Å². The van der Waals surface area contributed by atoms with Crippen LogP contribution in [0.5, 0.6) is 0 Å². The van der Waals surface area contributed by atoms with Gasteiger partial charge in [0.05, 0.1) is 12.7 Å². The molecule has 1 aliphatic rings. The molecular formula is C9H10Cl2N2O5. The molecule has 0 aromatic carbocycles. The van der Waals surface area contributed by atoms with E-state index in [1.54, 1.807) is 0 Å². The number of aromatic amines is 1. The van der Waals surface area contributed by atoms with E-state index >= 15 is 0 Å². The molecule has 0 unspecified atom stereocenters. The van der Waals surface area contributed by atoms with Crippen LogP contribution in [0.1, 0.15) is 12.6 Å². The van der Waals surface area contributed by atoms with Gasteiger partial charge in [0.25, 0.3) is 5.56 Å². The fourth-order valence-electron chi connectivity index (χ4n) is 1.80. The molecule has 1 saturated heterocycles. The summed E-state index contributed by atoms with van der Waals surface area (Å²) in [5.74, 6) is 0. The Bertz CT molecular complexity index is 569. The van der Waals surface area contributed by atoms with Crippen LogP contribution in [0.15, 0.2) is 9.59 Å². The topological polar surface area (TPSA) is 105 Å². The Morgan fingerprint density at radius 1 is 1.44 bits per heavy atom. The molecule has 0 amide bonds. The summed E-state index contributed by atoms with van der Waals surface area (Å²) >= 11 is 11.4. The molecule has 7 nitrogen and oxygen atoms in total. The minimum atomic E-state index is -0.923. The molecule has 2 rings (SSSR count). The van der Waals surface area contributed by atoms with Gasteiger partial charge in [0.1, 0.15) is 22.5 Å². The second-order valence-corrected chi connectivity index (χ2v) is 4.58. The zero-order chi connectivity index (χ0) is 13.4. The molecule has 0 saturated carbocycles. The van der Waals surface area contributed by atoms with Gasteiger partial charge in [-0.2, -0.15) is 0 Å². The predicted octanol–water partition coefficient (Wildman–Crippen LogP) is -0.516. The van der Waals surface area contributed by atoms with Gasteiger partial charge in [-0.25, -0.2) is 4.79 Å². The lowest BCUT2D eigenvalue weighted by molar-refractivity contribution is -0.0458. The van der Waals surface area contributed by atoms with Crippen molar-refractivity contribution in [3.63, 3.8) is 0 Å². The van der Waals surface area contributed by atoms with Crippen molar-refractivity contribution < 1.29 is 14.9 Å². The lowest BCUT2D eigenvalue weighted by Gasteiger charge is -2.16. The molecule has 0 radical (unpaired) electrons. The molecule has 0 bridgehead atoms. The first-order chi connectivity index (χ1) is 8.45. The molecule has 1 aliphatic heterocycles. The van der Waals surface area contributed by atoms with Gasteiger partial charge in [0, 0.05) is 6.42 Å². The first kappa shape index (κ1) is 13.6. The van der Waals surface area contributed by atoms with Crippen molar-refractivity contribution in [2.45, 2.75) is 24.9 Å². The highest BCUT2D eigenvalue weighted by molar-refractivity contribution is 6.41. The number of halogens is 2. The average molecular weight is 297 g/mol. The van der Waals surface area contributed by atoms with Crippen LogP contribution in [-0.4, -0.2) is 38.6 Å². The lowest BCUT2D eigenvalue weighted by atomic mass is 10.2. The van der Waals surface area contributed by atoms with Crippen molar-refractivity contribution in [1.82, 2.24) is 9.55 Å². The van der Waals surface area contributed by atoms with Crippen LogP contribution in [0.4, 0.5) is 0 Å². The molecule has 18 heavy (non-hydrogen) atoms. The third-order valence-electron chi connectivity index (χ3n) is 2.70. The Balaban J connectivity index is 2.45. The molecule has 3 atom stereocenters. The average Bonchev–Trinajstić information content (AvgIpc) is 2.67. The van der Waals surface area contributed by atoms with Crippen LogP contribution in [0.3, 0.4) is 0 Å². The number of aliphatic hydroxyl groups excluding tert-OH is 2. The zero-order valence-corrected chi connectivity index (χ0v) is 10.5. The Kier molecular flexibility index (Phi) is 3.79. The van der Waals surface area contributed by atoms with Crippen molar-refractivity contribution in [3.05, 3.63) is 31.0 Å². The summed E-state index contributed by atoms with van der Waals surface area (Å²) in [6.45, 7) is -0.388. The molecule has 1 fully saturated rings. The predicted molar refractivity (Wildman–Crippen MR) is 63.0 cm³/mol. The van der Waals surface area contributed by atoms with Gasteiger partial charge in [0.2, 0.25) is 0 Å². The molecule has 0 aliphatic carbocycles. The first-order valence-electron chi connectivity index (χ1n) is 5.10. The summed E-state index contributed by atoms with van der Waals surface area (Å²) in [7, 11) is 0. The number of nitrogens with one attached hydrogen (secondary N) is 1. The van der Waals surface area contributed by atoms with Gasteiger partial charge < -0.3 is 14.9 Å². The van der Waals surface area contributed by atoms with Gasteiger partial charge in [-0.05, 0) is 0 Å². The van der Waals surface area contributed by atoms with Crippen molar-refractivity contribution >= 4 is 23.2 Å². The first-order valence-corrected chi connectivity index (χ1v) is 5.85. The molecule has 3 N–H and O–H groups in total. The molecule has 0 spiro atoms. The standard InChI is InChI=1S/C9H10Cl2N2O5/c10-6-7(11)13(9(17)12-8(6)16)5-1-3(15)4(2-14)18-5/h3-5,14-15H,1-2H2,(H,12,16,17)/t3-,4+,5+/m0/s1. The zero-order valence-electron chi connectivity index (χ0n) is 8.97. The smallest absolute Gasteiger partial charge is 0.331 e. The van der Waals surface area contributed by atoms with Crippen LogP contribution >= 0.6 is 23.2 Å². The monoisotopic (exact) mass is 296 g/mol. The number of aromatic nitrogens is 2. The maximum absolute atomic E-state index is 11.6. The van der Waals surface area contributed by atoms with E-state index in [0.717, 1.165) is 4.57 Å². The van der Waals surface area contributed by atoms with Crippen LogP contribution in [0.25, 0.3) is 0 Å². The van der Waals surface area contributed by atoms with E-state index in [4.69, 9.17) is 33.0 Å². The Labute approximate surface area is 111 Å². The number of H-pyrrole nitrogens is 1. The third-order valence-corrected chi connectivity index (χ3v) is 3.52. The summed E-state index contributed by atoms with van der Waals surface area (Å²) < 4.78 is 6.20. The highest BCUT2D eigenvalue weighted by Crippen LogP contribution is 2.30. The van der Waals surface area contributed by atoms with E-state index < -0.39 is 29.7 Å². The van der Waals surface area contributed by atoms with Gasteiger partial charge >= 0.3 is 5.69 Å². The van der Waals surface area contributed by atoms with Crippen LogP contribution in [0, 0.1) is 0 Å². The third kappa shape index (κ3) is 2.19. The van der Waals surface area contributed by atoms with Gasteiger partial charge in [-0.1, -0.05) is 23.2 Å². The SMILES string of the molecule is O=c1[nH]c(=O)n([C@H]2C[C@H](O)[C@@H](CO)O2)c(Cl)c1Cl. The number of nitrogens with zero attached hydrogens (tertiary/aromatic N) is 1. The largest absolute Gasteiger partial charge is 0.394 e. The van der Waals surface area contributed by atoms with Crippen LogP contribution in [0.2, 0.25) is 10.2 Å². The summed E-state index contributed by atoms with van der Waals surface area (Å²) in [5.41, 5.74) is -1.58. The van der Waals surface area contributed by atoms with E-state index in [-0.39, 0.29) is 23.2 Å². The Morgan fingerprint density at radius 2 is 2.11 bits per heavy atom.